The van der Waals surface area contributed by atoms with E-state index in [9.17, 15) is 70.2 Å². The van der Waals surface area contributed by atoms with Crippen molar-refractivity contribution in [2.45, 2.75) is 89.6 Å². The minimum absolute atomic E-state index is 0.0420. The van der Waals surface area contributed by atoms with E-state index in [-0.39, 0.29) is 56.4 Å². The van der Waals surface area contributed by atoms with E-state index in [0.717, 1.165) is 49.9 Å². The number of rotatable bonds is 8. The molecule has 0 bridgehead atoms. The highest BCUT2D eigenvalue weighted by Crippen LogP contribution is 2.38. The smallest absolute Gasteiger partial charge is 0.338 e. The molecular weight excluding hydrogens is 792 g/mol. The monoisotopic (exact) mass is 836 g/mol. The Morgan fingerprint density at radius 3 is 0.750 bits per heavy atom. The van der Waals surface area contributed by atoms with Crippen molar-refractivity contribution in [1.82, 2.24) is 0 Å². The van der Waals surface area contributed by atoms with E-state index in [4.69, 9.17) is 18.9 Å². The predicted octanol–water partition coefficient (Wildman–Crippen LogP) is 5.70. The fraction of sp³-hybridized carbons (Fsp3) is 0.333. The van der Waals surface area contributed by atoms with E-state index in [2.05, 4.69) is 0 Å². The van der Waals surface area contributed by atoms with Gasteiger partial charge in [0.15, 0.2) is 34.5 Å². The van der Waals surface area contributed by atoms with E-state index >= 15 is 0 Å². The molecule has 320 valence electrons. The summed E-state index contributed by atoms with van der Waals surface area (Å²) in [7, 11) is 0. The van der Waals surface area contributed by atoms with Gasteiger partial charge in [-0.2, -0.15) is 0 Å². The fourth-order valence-corrected chi connectivity index (χ4v) is 6.53. The van der Waals surface area contributed by atoms with E-state index < -0.39 is 82.8 Å². The van der Waals surface area contributed by atoms with Crippen molar-refractivity contribution in [3.8, 4) is 57.5 Å². The summed E-state index contributed by atoms with van der Waals surface area (Å²) in [6.45, 7) is 2.99. The van der Waals surface area contributed by atoms with Gasteiger partial charge in [-0.05, 0) is 114 Å². The Morgan fingerprint density at radius 1 is 0.367 bits per heavy atom. The van der Waals surface area contributed by atoms with Crippen LogP contribution in [0.5, 0.6) is 57.5 Å². The molecule has 0 unspecified atom stereocenters. The van der Waals surface area contributed by atoms with Crippen molar-refractivity contribution in [2.24, 2.45) is 0 Å². The van der Waals surface area contributed by atoms with Crippen LogP contribution in [0.2, 0.25) is 0 Å². The van der Waals surface area contributed by atoms with Crippen molar-refractivity contribution in [1.29, 1.82) is 0 Å². The van der Waals surface area contributed by atoms with Gasteiger partial charge in [0.05, 0.1) is 22.3 Å². The van der Waals surface area contributed by atoms with Crippen molar-refractivity contribution in [3.63, 3.8) is 0 Å². The largest absolute Gasteiger partial charge is 0.508 e. The lowest BCUT2D eigenvalue weighted by atomic mass is 9.94. The summed E-state index contributed by atoms with van der Waals surface area (Å²) in [4.78, 5) is 49.8. The highest BCUT2D eigenvalue weighted by molar-refractivity contribution is 5.93. The maximum absolute atomic E-state index is 12.5. The van der Waals surface area contributed by atoms with Crippen LogP contribution in [-0.2, 0) is 18.9 Å². The molecule has 0 amide bonds. The first kappa shape index (κ1) is 43.9. The third-order valence-corrected chi connectivity index (χ3v) is 10.1. The summed E-state index contributed by atoms with van der Waals surface area (Å²) in [5, 5.41) is 96.3. The first-order chi connectivity index (χ1) is 28.3. The lowest BCUT2D eigenvalue weighted by Gasteiger charge is -2.30. The maximum atomic E-state index is 12.5. The van der Waals surface area contributed by atoms with Crippen molar-refractivity contribution < 1.29 is 89.2 Å². The SMILES string of the molecule is Cc1c(O)cc(C(=O)O[C@@H]2CCCC[C@@H]2OC(=O)c2cc(O)c(O)c(O)c2)cc1O.Cc1c(O)cc(C(=O)O[C@@H]2CCCC[C@@H]2OC(=O)c2cc(O)c(O)c(O)c2)cc1O. The van der Waals surface area contributed by atoms with Gasteiger partial charge in [0, 0.05) is 11.1 Å². The summed E-state index contributed by atoms with van der Waals surface area (Å²) in [5.74, 6) is -8.48. The number of phenolic OH excluding ortho intramolecular Hbond substituents is 10. The molecular formula is C42H44O18. The highest BCUT2D eigenvalue weighted by atomic mass is 16.6. The summed E-state index contributed by atoms with van der Waals surface area (Å²) in [6.07, 6.45) is 1.71. The molecule has 4 atom stereocenters. The summed E-state index contributed by atoms with van der Waals surface area (Å²) >= 11 is 0. The number of phenols is 10. The van der Waals surface area contributed by atoms with Crippen LogP contribution in [0.1, 0.15) is 104 Å². The first-order valence-corrected chi connectivity index (χ1v) is 18.7. The minimum Gasteiger partial charge on any atom is -0.508 e. The minimum atomic E-state index is -0.862. The fourth-order valence-electron chi connectivity index (χ4n) is 6.53. The average molecular weight is 837 g/mol. The van der Waals surface area contributed by atoms with Gasteiger partial charge in [-0.15, -0.1) is 0 Å². The molecule has 0 spiro atoms. The number of carbonyl (C=O) groups excluding carboxylic acids is 4. The number of carbonyl (C=O) groups is 4. The first-order valence-electron chi connectivity index (χ1n) is 18.7. The molecule has 0 aliphatic heterocycles. The van der Waals surface area contributed by atoms with Crippen LogP contribution >= 0.6 is 0 Å². The van der Waals surface area contributed by atoms with Crippen LogP contribution in [0.25, 0.3) is 0 Å². The zero-order chi connectivity index (χ0) is 44.0. The Kier molecular flexibility index (Phi) is 13.6. The second-order valence-corrected chi connectivity index (χ2v) is 14.3. The van der Waals surface area contributed by atoms with Crippen LogP contribution in [0, 0.1) is 13.8 Å². The molecule has 2 aliphatic rings. The van der Waals surface area contributed by atoms with Crippen LogP contribution in [0.4, 0.5) is 0 Å². The van der Waals surface area contributed by atoms with Crippen LogP contribution in [-0.4, -0.2) is 99.4 Å². The van der Waals surface area contributed by atoms with Crippen molar-refractivity contribution in [3.05, 3.63) is 81.9 Å². The van der Waals surface area contributed by atoms with Crippen LogP contribution in [0.3, 0.4) is 0 Å². The number of esters is 4. The molecule has 0 radical (unpaired) electrons. The zero-order valence-corrected chi connectivity index (χ0v) is 32.3. The van der Waals surface area contributed by atoms with Crippen LogP contribution in [0.15, 0.2) is 48.5 Å². The molecule has 2 saturated carbocycles. The molecule has 18 heteroatoms. The maximum Gasteiger partial charge on any atom is 0.338 e. The van der Waals surface area contributed by atoms with Gasteiger partial charge in [0.2, 0.25) is 0 Å². The van der Waals surface area contributed by atoms with Gasteiger partial charge in [-0.3, -0.25) is 0 Å². The molecule has 10 N–H and O–H groups in total. The number of aromatic hydroxyl groups is 10. The van der Waals surface area contributed by atoms with Gasteiger partial charge < -0.3 is 70.0 Å². The molecule has 0 aromatic heterocycles. The molecule has 2 fully saturated rings. The third-order valence-electron chi connectivity index (χ3n) is 10.1. The normalized spacial score (nSPS) is 18.6. The standard InChI is InChI=1S/2C21H22O9/c2*1-10-13(22)6-11(7-14(10)23)20(27)29-17-4-2-3-5-18(17)30-21(28)12-8-15(24)19(26)16(25)9-12/h2*6-9,17-18,22-26H,2-5H2,1H3/t2*17-,18+/m11/s1. The Morgan fingerprint density at radius 2 is 0.550 bits per heavy atom. The van der Waals surface area contributed by atoms with Gasteiger partial charge in [-0.1, -0.05) is 0 Å². The van der Waals surface area contributed by atoms with E-state index in [0.29, 0.717) is 25.7 Å². The van der Waals surface area contributed by atoms with E-state index in [1.165, 1.54) is 38.1 Å². The third kappa shape index (κ3) is 10.2. The van der Waals surface area contributed by atoms with E-state index in [1.807, 2.05) is 0 Å². The second kappa shape index (κ2) is 18.6. The molecule has 0 heterocycles. The lowest BCUT2D eigenvalue weighted by molar-refractivity contribution is -0.0514. The van der Waals surface area contributed by atoms with Crippen molar-refractivity contribution >= 4 is 23.9 Å². The number of benzene rings is 4. The average Bonchev–Trinajstić information content (AvgIpc) is 3.20. The predicted molar refractivity (Wildman–Crippen MR) is 206 cm³/mol. The zero-order valence-electron chi connectivity index (χ0n) is 32.3. The Hall–Kier alpha value is -7.24. The highest BCUT2D eigenvalue weighted by Gasteiger charge is 2.34. The Balaban J connectivity index is 0.000000228. The summed E-state index contributed by atoms with van der Waals surface area (Å²) in [6, 6.07) is 8.56. The van der Waals surface area contributed by atoms with Gasteiger partial charge >= 0.3 is 23.9 Å². The summed E-state index contributed by atoms with van der Waals surface area (Å²) in [5.41, 5.74) is 0.0331. The molecule has 4 aromatic rings. The summed E-state index contributed by atoms with van der Waals surface area (Å²) < 4.78 is 21.8. The number of hydrogen-bond donors (Lipinski definition) is 10. The topological polar surface area (TPSA) is 308 Å². The number of ether oxygens (including phenoxy) is 4. The molecule has 2 aliphatic carbocycles. The molecule has 4 aromatic carbocycles. The Labute approximate surface area is 341 Å². The van der Waals surface area contributed by atoms with Crippen molar-refractivity contribution in [2.75, 3.05) is 0 Å². The van der Waals surface area contributed by atoms with E-state index in [1.54, 1.807) is 0 Å². The lowest BCUT2D eigenvalue weighted by Crippen LogP contribution is -2.37. The molecule has 18 nitrogen and oxygen atoms in total. The quantitative estimate of drug-likeness (QED) is 0.0578. The van der Waals surface area contributed by atoms with Crippen LogP contribution < -0.4 is 0 Å². The second-order valence-electron chi connectivity index (χ2n) is 14.3. The number of hydrogen-bond acceptors (Lipinski definition) is 18. The van der Waals surface area contributed by atoms with Gasteiger partial charge in [0.25, 0.3) is 0 Å². The van der Waals surface area contributed by atoms with Gasteiger partial charge in [0.1, 0.15) is 47.4 Å². The molecule has 6 rings (SSSR count). The molecule has 0 saturated heterocycles. The van der Waals surface area contributed by atoms with Gasteiger partial charge in [-0.25, -0.2) is 19.2 Å². The molecule has 60 heavy (non-hydrogen) atoms. The Bertz CT molecular complexity index is 1870.